The Morgan fingerprint density at radius 3 is 3.00 bits per heavy atom. The predicted molar refractivity (Wildman–Crippen MR) is 82.3 cm³/mol. The Bertz CT molecular complexity index is 541. The zero-order chi connectivity index (χ0) is 13.7. The molecule has 1 heterocycles. The summed E-state index contributed by atoms with van der Waals surface area (Å²) in [5.41, 5.74) is 2.09. The fourth-order valence-corrected chi connectivity index (χ4v) is 3.19. The predicted octanol–water partition coefficient (Wildman–Crippen LogP) is 4.23. The summed E-state index contributed by atoms with van der Waals surface area (Å²) in [5, 5.41) is 1.79. The summed E-state index contributed by atoms with van der Waals surface area (Å²) < 4.78 is 7.40. The van der Waals surface area contributed by atoms with Gasteiger partial charge in [0, 0.05) is 24.4 Å². The van der Waals surface area contributed by atoms with Gasteiger partial charge in [0.25, 0.3) is 0 Å². The third-order valence-corrected chi connectivity index (χ3v) is 4.22. The number of ether oxygens (including phenoxy) is 1. The van der Waals surface area contributed by atoms with Gasteiger partial charge in [0.2, 0.25) is 0 Å². The van der Waals surface area contributed by atoms with E-state index in [2.05, 4.69) is 16.5 Å². The van der Waals surface area contributed by atoms with Gasteiger partial charge in [-0.1, -0.05) is 36.7 Å². The molecule has 0 aliphatic rings. The van der Waals surface area contributed by atoms with Crippen LogP contribution in [0.15, 0.2) is 23.4 Å². The molecule has 0 bridgehead atoms. The third kappa shape index (κ3) is 3.65. The van der Waals surface area contributed by atoms with E-state index in [0.29, 0.717) is 6.61 Å². The van der Waals surface area contributed by atoms with Crippen LogP contribution in [-0.4, -0.2) is 29.0 Å². The number of halogens is 1. The monoisotopic (exact) mass is 298 g/mol. The first kappa shape index (κ1) is 14.7. The van der Waals surface area contributed by atoms with Gasteiger partial charge < -0.3 is 9.30 Å². The summed E-state index contributed by atoms with van der Waals surface area (Å²) in [6, 6.07) is 5.86. The molecule has 0 amide bonds. The molecule has 0 radical (unpaired) electrons. The minimum Gasteiger partial charge on any atom is -0.383 e. The summed E-state index contributed by atoms with van der Waals surface area (Å²) >= 11 is 7.84. The van der Waals surface area contributed by atoms with Crippen molar-refractivity contribution >= 4 is 34.4 Å². The van der Waals surface area contributed by atoms with E-state index >= 15 is 0 Å². The lowest BCUT2D eigenvalue weighted by Crippen LogP contribution is -2.05. The van der Waals surface area contributed by atoms with Crippen LogP contribution in [-0.2, 0) is 11.3 Å². The van der Waals surface area contributed by atoms with E-state index in [1.807, 2.05) is 18.2 Å². The second-order valence-electron chi connectivity index (χ2n) is 4.37. The second-order valence-corrected chi connectivity index (χ2v) is 5.87. The number of fused-ring (bicyclic) bond motifs is 1. The van der Waals surface area contributed by atoms with Crippen molar-refractivity contribution in [3.63, 3.8) is 0 Å². The Hall–Kier alpha value is -0.710. The average molecular weight is 299 g/mol. The van der Waals surface area contributed by atoms with Gasteiger partial charge in [-0.25, -0.2) is 4.98 Å². The topological polar surface area (TPSA) is 27.1 Å². The molecular weight excluding hydrogens is 280 g/mol. The second kappa shape index (κ2) is 7.17. The third-order valence-electron chi connectivity index (χ3n) is 2.92. The van der Waals surface area contributed by atoms with Gasteiger partial charge in [-0.15, -0.1) is 0 Å². The maximum atomic E-state index is 6.03. The highest BCUT2D eigenvalue weighted by Crippen LogP contribution is 2.26. The van der Waals surface area contributed by atoms with Crippen molar-refractivity contribution in [2.24, 2.45) is 0 Å². The lowest BCUT2D eigenvalue weighted by atomic mass is 10.3. The molecule has 104 valence electrons. The number of thioether (sulfide) groups is 1. The summed E-state index contributed by atoms with van der Waals surface area (Å²) in [6.45, 7) is 3.72. The van der Waals surface area contributed by atoms with Crippen LogP contribution in [0.3, 0.4) is 0 Å². The van der Waals surface area contributed by atoms with E-state index in [0.717, 1.165) is 33.5 Å². The number of hydrogen-bond donors (Lipinski definition) is 0. The van der Waals surface area contributed by atoms with Crippen molar-refractivity contribution in [1.82, 2.24) is 9.55 Å². The molecule has 1 aromatic carbocycles. The van der Waals surface area contributed by atoms with Crippen molar-refractivity contribution in [2.75, 3.05) is 19.5 Å². The smallest absolute Gasteiger partial charge is 0.169 e. The Balaban J connectivity index is 2.30. The molecular formula is C14H19ClN2OS. The number of rotatable bonds is 7. The molecule has 0 atom stereocenters. The van der Waals surface area contributed by atoms with Gasteiger partial charge in [0.1, 0.15) is 0 Å². The first-order chi connectivity index (χ1) is 9.26. The van der Waals surface area contributed by atoms with Crippen LogP contribution in [0, 0.1) is 0 Å². The van der Waals surface area contributed by atoms with Crippen LogP contribution in [0.25, 0.3) is 11.0 Å². The van der Waals surface area contributed by atoms with E-state index < -0.39 is 0 Å². The van der Waals surface area contributed by atoms with Crippen LogP contribution in [0.2, 0.25) is 5.02 Å². The minimum absolute atomic E-state index is 0.690. The van der Waals surface area contributed by atoms with Gasteiger partial charge in [-0.05, 0) is 24.6 Å². The van der Waals surface area contributed by atoms with Crippen LogP contribution >= 0.6 is 23.4 Å². The summed E-state index contributed by atoms with van der Waals surface area (Å²) in [7, 11) is 1.72. The van der Waals surface area contributed by atoms with Crippen molar-refractivity contribution in [1.29, 1.82) is 0 Å². The number of methoxy groups -OCH3 is 1. The lowest BCUT2D eigenvalue weighted by Gasteiger charge is -2.07. The zero-order valence-corrected chi connectivity index (χ0v) is 12.9. The average Bonchev–Trinajstić information content (AvgIpc) is 2.73. The molecule has 2 aromatic rings. The highest BCUT2D eigenvalue weighted by molar-refractivity contribution is 7.99. The molecule has 0 saturated heterocycles. The molecule has 0 unspecified atom stereocenters. The van der Waals surface area contributed by atoms with Crippen molar-refractivity contribution in [3.8, 4) is 0 Å². The standard InChI is InChI=1S/C14H19ClN2OS/c1-3-4-9-19-14-16-12-10-11(15)5-6-13(12)17(14)7-8-18-2/h5-6,10H,3-4,7-9H2,1-2H3. The minimum atomic E-state index is 0.690. The molecule has 0 aliphatic carbocycles. The molecule has 5 heteroatoms. The molecule has 0 saturated carbocycles. The van der Waals surface area contributed by atoms with E-state index in [4.69, 9.17) is 16.3 Å². The number of hydrogen-bond acceptors (Lipinski definition) is 3. The van der Waals surface area contributed by atoms with Crippen LogP contribution in [0.1, 0.15) is 19.8 Å². The largest absolute Gasteiger partial charge is 0.383 e. The Morgan fingerprint density at radius 2 is 2.26 bits per heavy atom. The molecule has 0 fully saturated rings. The molecule has 19 heavy (non-hydrogen) atoms. The normalized spacial score (nSPS) is 11.3. The molecule has 3 nitrogen and oxygen atoms in total. The van der Waals surface area contributed by atoms with Gasteiger partial charge in [0.15, 0.2) is 5.16 Å². The van der Waals surface area contributed by atoms with Crippen molar-refractivity contribution in [3.05, 3.63) is 23.2 Å². The van der Waals surface area contributed by atoms with Crippen LogP contribution in [0.4, 0.5) is 0 Å². The molecule has 2 rings (SSSR count). The first-order valence-corrected chi connectivity index (χ1v) is 7.90. The highest BCUT2D eigenvalue weighted by atomic mass is 35.5. The number of unbranched alkanes of at least 4 members (excludes halogenated alkanes) is 1. The summed E-state index contributed by atoms with van der Waals surface area (Å²) in [4.78, 5) is 4.68. The molecule has 0 aliphatic heterocycles. The summed E-state index contributed by atoms with van der Waals surface area (Å²) in [5.74, 6) is 1.10. The number of nitrogens with zero attached hydrogens (tertiary/aromatic N) is 2. The van der Waals surface area contributed by atoms with Crippen LogP contribution < -0.4 is 0 Å². The SMILES string of the molecule is CCCCSc1nc2cc(Cl)ccc2n1CCOC. The summed E-state index contributed by atoms with van der Waals surface area (Å²) in [6.07, 6.45) is 2.41. The Labute approximate surface area is 123 Å². The van der Waals surface area contributed by atoms with Crippen molar-refractivity contribution < 1.29 is 4.74 Å². The maximum absolute atomic E-state index is 6.03. The Kier molecular flexibility index (Phi) is 5.55. The highest BCUT2D eigenvalue weighted by Gasteiger charge is 2.11. The first-order valence-electron chi connectivity index (χ1n) is 6.53. The lowest BCUT2D eigenvalue weighted by molar-refractivity contribution is 0.186. The number of aromatic nitrogens is 2. The number of benzene rings is 1. The van der Waals surface area contributed by atoms with Gasteiger partial charge in [-0.3, -0.25) is 0 Å². The molecule has 0 N–H and O–H groups in total. The van der Waals surface area contributed by atoms with Gasteiger partial charge in [-0.2, -0.15) is 0 Å². The van der Waals surface area contributed by atoms with Crippen LogP contribution in [0.5, 0.6) is 0 Å². The van der Waals surface area contributed by atoms with Gasteiger partial charge >= 0.3 is 0 Å². The van der Waals surface area contributed by atoms with E-state index in [1.54, 1.807) is 18.9 Å². The fourth-order valence-electron chi connectivity index (χ4n) is 1.90. The molecule has 0 spiro atoms. The zero-order valence-electron chi connectivity index (χ0n) is 11.4. The van der Waals surface area contributed by atoms with Gasteiger partial charge in [0.05, 0.1) is 17.6 Å². The molecule has 1 aromatic heterocycles. The number of imidazole rings is 1. The van der Waals surface area contributed by atoms with E-state index in [1.165, 1.54) is 12.8 Å². The van der Waals surface area contributed by atoms with Crippen molar-refractivity contribution in [2.45, 2.75) is 31.5 Å². The maximum Gasteiger partial charge on any atom is 0.169 e. The van der Waals surface area contributed by atoms with E-state index in [9.17, 15) is 0 Å². The Morgan fingerprint density at radius 1 is 1.42 bits per heavy atom. The van der Waals surface area contributed by atoms with E-state index in [-0.39, 0.29) is 0 Å². The quantitative estimate of drug-likeness (QED) is 0.565. The fraction of sp³-hybridized carbons (Fsp3) is 0.500.